The van der Waals surface area contributed by atoms with Gasteiger partial charge in [-0.15, -0.1) is 0 Å². The molecule has 3 rings (SSSR count). The fourth-order valence-electron chi connectivity index (χ4n) is 2.51. The van der Waals surface area contributed by atoms with Gasteiger partial charge in [0.05, 0.1) is 17.7 Å². The van der Waals surface area contributed by atoms with Crippen LogP contribution in [0.25, 0.3) is 0 Å². The van der Waals surface area contributed by atoms with Crippen molar-refractivity contribution in [3.05, 3.63) is 78.6 Å². The summed E-state index contributed by atoms with van der Waals surface area (Å²) in [4.78, 5) is 16.0. The van der Waals surface area contributed by atoms with E-state index in [0.29, 0.717) is 23.7 Å². The number of para-hydroxylation sites is 2. The van der Waals surface area contributed by atoms with Gasteiger partial charge in [-0.2, -0.15) is 0 Å². The molecule has 8 nitrogen and oxygen atoms in total. The molecule has 9 heteroatoms. The maximum atomic E-state index is 12.6. The summed E-state index contributed by atoms with van der Waals surface area (Å²) in [5.74, 6) is 0.417. The Kier molecular flexibility index (Phi) is 6.30. The lowest BCUT2D eigenvalue weighted by molar-refractivity contribution is 0.251. The first-order valence-electron chi connectivity index (χ1n) is 8.67. The van der Waals surface area contributed by atoms with Gasteiger partial charge < -0.3 is 15.4 Å². The molecule has 3 aromatic rings. The molecule has 0 aliphatic rings. The average Bonchev–Trinajstić information content (AvgIpc) is 2.73. The lowest BCUT2D eigenvalue weighted by atomic mass is 10.3. The van der Waals surface area contributed by atoms with Crippen molar-refractivity contribution in [2.45, 2.75) is 11.4 Å². The zero-order chi connectivity index (χ0) is 20.7. The zero-order valence-electron chi connectivity index (χ0n) is 15.6. The number of aromatic nitrogens is 1. The number of sulfonamides is 1. The third kappa shape index (κ3) is 5.45. The summed E-state index contributed by atoms with van der Waals surface area (Å²) in [6.45, 7) is 0.351. The van der Waals surface area contributed by atoms with E-state index in [1.165, 1.54) is 31.4 Å². The molecule has 0 aliphatic heterocycles. The summed E-state index contributed by atoms with van der Waals surface area (Å²) in [5, 5.41) is 5.37. The van der Waals surface area contributed by atoms with Crippen LogP contribution in [0.15, 0.2) is 78.0 Å². The number of urea groups is 1. The van der Waals surface area contributed by atoms with Crippen molar-refractivity contribution in [2.75, 3.05) is 17.1 Å². The molecule has 0 radical (unpaired) electrons. The van der Waals surface area contributed by atoms with Gasteiger partial charge in [-0.05, 0) is 54.1 Å². The number of anilines is 2. The highest BCUT2D eigenvalue weighted by molar-refractivity contribution is 7.92. The SMILES string of the molecule is COc1ccccc1NS(=O)(=O)c1ccc(NC(=O)NCc2ccncc2)cc1. The van der Waals surface area contributed by atoms with Crippen LogP contribution in [0, 0.1) is 0 Å². The Morgan fingerprint density at radius 2 is 1.69 bits per heavy atom. The lowest BCUT2D eigenvalue weighted by Gasteiger charge is -2.12. The Bertz CT molecular complexity index is 1070. The highest BCUT2D eigenvalue weighted by Gasteiger charge is 2.16. The van der Waals surface area contributed by atoms with Crippen LogP contribution in [0.2, 0.25) is 0 Å². The number of nitrogens with zero attached hydrogens (tertiary/aromatic N) is 1. The molecule has 0 spiro atoms. The second kappa shape index (κ2) is 9.07. The summed E-state index contributed by atoms with van der Waals surface area (Å²) < 4.78 is 32.8. The normalized spacial score (nSPS) is 10.8. The molecule has 0 saturated carbocycles. The van der Waals surface area contributed by atoms with E-state index >= 15 is 0 Å². The van der Waals surface area contributed by atoms with Gasteiger partial charge in [0.15, 0.2) is 0 Å². The molecule has 3 N–H and O–H groups in total. The van der Waals surface area contributed by atoms with Crippen LogP contribution in [0.1, 0.15) is 5.56 Å². The predicted octanol–water partition coefficient (Wildman–Crippen LogP) is 3.21. The van der Waals surface area contributed by atoms with E-state index in [1.807, 2.05) is 0 Å². The van der Waals surface area contributed by atoms with E-state index in [2.05, 4.69) is 20.3 Å². The van der Waals surface area contributed by atoms with E-state index in [1.54, 1.807) is 48.8 Å². The Morgan fingerprint density at radius 1 is 1.00 bits per heavy atom. The van der Waals surface area contributed by atoms with Crippen molar-refractivity contribution >= 4 is 27.4 Å². The molecule has 2 aromatic carbocycles. The zero-order valence-corrected chi connectivity index (χ0v) is 16.4. The highest BCUT2D eigenvalue weighted by atomic mass is 32.2. The van der Waals surface area contributed by atoms with E-state index in [-0.39, 0.29) is 4.90 Å². The maximum Gasteiger partial charge on any atom is 0.319 e. The number of nitrogens with one attached hydrogen (secondary N) is 3. The van der Waals surface area contributed by atoms with Crippen LogP contribution in [-0.2, 0) is 16.6 Å². The van der Waals surface area contributed by atoms with E-state index in [9.17, 15) is 13.2 Å². The molecule has 0 atom stereocenters. The molecule has 0 bridgehead atoms. The van der Waals surface area contributed by atoms with Crippen LogP contribution >= 0.6 is 0 Å². The Balaban J connectivity index is 1.62. The van der Waals surface area contributed by atoms with Crippen LogP contribution in [0.4, 0.5) is 16.2 Å². The first kappa shape index (κ1) is 20.2. The third-order valence-corrected chi connectivity index (χ3v) is 5.36. The lowest BCUT2D eigenvalue weighted by Crippen LogP contribution is -2.28. The Hall–Kier alpha value is -3.59. The van der Waals surface area contributed by atoms with E-state index in [0.717, 1.165) is 5.56 Å². The summed E-state index contributed by atoms with van der Waals surface area (Å²) in [6.07, 6.45) is 3.29. The van der Waals surface area contributed by atoms with Crippen molar-refractivity contribution in [1.29, 1.82) is 0 Å². The summed E-state index contributed by atoms with van der Waals surface area (Å²) in [7, 11) is -2.34. The largest absolute Gasteiger partial charge is 0.495 e. The Labute approximate surface area is 169 Å². The van der Waals surface area contributed by atoms with Crippen molar-refractivity contribution in [1.82, 2.24) is 10.3 Å². The quantitative estimate of drug-likeness (QED) is 0.552. The van der Waals surface area contributed by atoms with Gasteiger partial charge in [-0.1, -0.05) is 12.1 Å². The minimum Gasteiger partial charge on any atom is -0.495 e. The monoisotopic (exact) mass is 412 g/mol. The minimum absolute atomic E-state index is 0.0612. The van der Waals surface area contributed by atoms with Crippen LogP contribution in [0.3, 0.4) is 0 Å². The minimum atomic E-state index is -3.80. The van der Waals surface area contributed by atoms with Crippen molar-refractivity contribution < 1.29 is 17.9 Å². The Morgan fingerprint density at radius 3 is 2.38 bits per heavy atom. The topological polar surface area (TPSA) is 109 Å². The second-order valence-corrected chi connectivity index (χ2v) is 7.68. The number of carbonyl (C=O) groups is 1. The molecule has 150 valence electrons. The van der Waals surface area contributed by atoms with Crippen molar-refractivity contribution in [3.8, 4) is 5.75 Å². The number of hydrogen-bond donors (Lipinski definition) is 3. The standard InChI is InChI=1S/C20H20N4O4S/c1-28-19-5-3-2-4-18(19)24-29(26,27)17-8-6-16(7-9-17)23-20(25)22-14-15-10-12-21-13-11-15/h2-13,24H,14H2,1H3,(H2,22,23,25). The van der Waals surface area contributed by atoms with Gasteiger partial charge in [0, 0.05) is 24.6 Å². The van der Waals surface area contributed by atoms with E-state index in [4.69, 9.17) is 4.74 Å². The molecular formula is C20H20N4O4S. The fourth-order valence-corrected chi connectivity index (χ4v) is 3.58. The number of pyridine rings is 1. The molecule has 0 aliphatic carbocycles. The van der Waals surface area contributed by atoms with Crippen LogP contribution < -0.4 is 20.1 Å². The molecule has 2 amide bonds. The maximum absolute atomic E-state index is 12.6. The molecule has 29 heavy (non-hydrogen) atoms. The number of rotatable bonds is 7. The summed E-state index contributed by atoms with van der Waals surface area (Å²) in [6, 6.07) is 15.8. The third-order valence-electron chi connectivity index (χ3n) is 3.98. The highest BCUT2D eigenvalue weighted by Crippen LogP contribution is 2.26. The van der Waals surface area contributed by atoms with Gasteiger partial charge in [-0.25, -0.2) is 13.2 Å². The molecule has 0 fully saturated rings. The van der Waals surface area contributed by atoms with Crippen LogP contribution in [-0.4, -0.2) is 26.5 Å². The number of methoxy groups -OCH3 is 1. The first-order valence-corrected chi connectivity index (χ1v) is 10.2. The smallest absolute Gasteiger partial charge is 0.319 e. The number of ether oxygens (including phenoxy) is 1. The average molecular weight is 412 g/mol. The predicted molar refractivity (Wildman–Crippen MR) is 110 cm³/mol. The van der Waals surface area contributed by atoms with Gasteiger partial charge >= 0.3 is 6.03 Å². The molecule has 1 aromatic heterocycles. The first-order chi connectivity index (χ1) is 14.0. The fraction of sp³-hybridized carbons (Fsp3) is 0.100. The van der Waals surface area contributed by atoms with Crippen molar-refractivity contribution in [3.63, 3.8) is 0 Å². The second-order valence-electron chi connectivity index (χ2n) is 5.99. The van der Waals surface area contributed by atoms with Crippen LogP contribution in [0.5, 0.6) is 5.75 Å². The number of hydrogen-bond acceptors (Lipinski definition) is 5. The molecular weight excluding hydrogens is 392 g/mol. The van der Waals surface area contributed by atoms with Crippen molar-refractivity contribution in [2.24, 2.45) is 0 Å². The number of benzene rings is 2. The summed E-state index contributed by atoms with van der Waals surface area (Å²) in [5.41, 5.74) is 1.72. The van der Waals surface area contributed by atoms with Gasteiger partial charge in [0.25, 0.3) is 10.0 Å². The summed E-state index contributed by atoms with van der Waals surface area (Å²) >= 11 is 0. The van der Waals surface area contributed by atoms with E-state index < -0.39 is 16.1 Å². The molecule has 0 saturated heterocycles. The van der Waals surface area contributed by atoms with Gasteiger partial charge in [0.2, 0.25) is 0 Å². The van der Waals surface area contributed by atoms with Gasteiger partial charge in [0.1, 0.15) is 5.75 Å². The number of amides is 2. The number of carbonyl (C=O) groups excluding carboxylic acids is 1. The molecule has 1 heterocycles. The molecule has 0 unspecified atom stereocenters. The van der Waals surface area contributed by atoms with Gasteiger partial charge in [-0.3, -0.25) is 9.71 Å².